The Hall–Kier alpha value is -0.410. The summed E-state index contributed by atoms with van der Waals surface area (Å²) in [6.45, 7) is 5.36. The van der Waals surface area contributed by atoms with Crippen molar-refractivity contribution in [3.05, 3.63) is 28.5 Å². The van der Waals surface area contributed by atoms with Crippen molar-refractivity contribution in [2.75, 3.05) is 6.54 Å². The van der Waals surface area contributed by atoms with E-state index in [0.29, 0.717) is 6.04 Å². The van der Waals surface area contributed by atoms with Gasteiger partial charge in [0.15, 0.2) is 0 Å². The Balaban J connectivity index is 2.65. The Labute approximate surface area is 107 Å². The van der Waals surface area contributed by atoms with Crippen LogP contribution in [0.3, 0.4) is 0 Å². The average Bonchev–Trinajstić information content (AvgIpc) is 2.29. The van der Waals surface area contributed by atoms with E-state index in [2.05, 4.69) is 46.1 Å². The average molecular weight is 285 g/mol. The fraction of sp³-hybridized carbons (Fsp3) is 0.615. The zero-order valence-electron chi connectivity index (χ0n) is 10.2. The van der Waals surface area contributed by atoms with Gasteiger partial charge in [-0.3, -0.25) is 4.98 Å². The van der Waals surface area contributed by atoms with E-state index in [-0.39, 0.29) is 0 Å². The molecule has 1 aromatic rings. The molecule has 0 bridgehead atoms. The third-order valence-corrected chi connectivity index (χ3v) is 3.33. The highest BCUT2D eigenvalue weighted by Crippen LogP contribution is 2.24. The molecule has 90 valence electrons. The normalized spacial score (nSPS) is 12.7. The van der Waals surface area contributed by atoms with Gasteiger partial charge in [-0.15, -0.1) is 0 Å². The highest BCUT2D eigenvalue weighted by Gasteiger charge is 2.13. The summed E-state index contributed by atoms with van der Waals surface area (Å²) in [6, 6.07) is 4.40. The lowest BCUT2D eigenvalue weighted by atomic mass is 10.0. The molecular formula is C13H21BrN2. The van der Waals surface area contributed by atoms with Gasteiger partial charge in [-0.2, -0.15) is 0 Å². The Morgan fingerprint density at radius 1 is 1.38 bits per heavy atom. The molecule has 1 N–H and O–H groups in total. The van der Waals surface area contributed by atoms with Crippen LogP contribution in [-0.4, -0.2) is 11.5 Å². The fourth-order valence-electron chi connectivity index (χ4n) is 1.83. The third kappa shape index (κ3) is 4.22. The van der Waals surface area contributed by atoms with E-state index in [1.54, 1.807) is 0 Å². The van der Waals surface area contributed by atoms with Crippen LogP contribution >= 0.6 is 15.9 Å². The molecule has 0 saturated heterocycles. The minimum Gasteiger partial charge on any atom is -0.309 e. The molecule has 0 spiro atoms. The Kier molecular flexibility index (Phi) is 6.65. The van der Waals surface area contributed by atoms with E-state index in [0.717, 1.165) is 23.1 Å². The summed E-state index contributed by atoms with van der Waals surface area (Å²) in [6.07, 6.45) is 6.85. The van der Waals surface area contributed by atoms with Gasteiger partial charge >= 0.3 is 0 Å². The van der Waals surface area contributed by atoms with Crippen LogP contribution in [0.4, 0.5) is 0 Å². The molecule has 1 heterocycles. The number of pyridine rings is 1. The molecule has 1 unspecified atom stereocenters. The number of hydrogen-bond donors (Lipinski definition) is 1. The zero-order valence-corrected chi connectivity index (χ0v) is 11.8. The first-order valence-corrected chi connectivity index (χ1v) is 6.92. The molecule has 0 fully saturated rings. The van der Waals surface area contributed by atoms with Gasteiger partial charge in [0.05, 0.1) is 11.7 Å². The van der Waals surface area contributed by atoms with Crippen molar-refractivity contribution in [3.63, 3.8) is 0 Å². The van der Waals surface area contributed by atoms with E-state index in [1.807, 2.05) is 12.3 Å². The predicted molar refractivity (Wildman–Crippen MR) is 72.5 cm³/mol. The van der Waals surface area contributed by atoms with Crippen LogP contribution in [0.15, 0.2) is 22.8 Å². The zero-order chi connectivity index (χ0) is 11.8. The summed E-state index contributed by atoms with van der Waals surface area (Å²) >= 11 is 3.57. The third-order valence-electron chi connectivity index (χ3n) is 2.66. The first-order valence-electron chi connectivity index (χ1n) is 6.13. The number of rotatable bonds is 7. The van der Waals surface area contributed by atoms with Crippen molar-refractivity contribution < 1.29 is 0 Å². The van der Waals surface area contributed by atoms with Crippen molar-refractivity contribution in [1.82, 2.24) is 10.3 Å². The second-order valence-electron chi connectivity index (χ2n) is 3.98. The van der Waals surface area contributed by atoms with E-state index in [1.165, 1.54) is 19.3 Å². The summed E-state index contributed by atoms with van der Waals surface area (Å²) in [7, 11) is 0. The minimum absolute atomic E-state index is 0.382. The highest BCUT2D eigenvalue weighted by atomic mass is 79.9. The van der Waals surface area contributed by atoms with Crippen LogP contribution in [0, 0.1) is 0 Å². The monoisotopic (exact) mass is 284 g/mol. The van der Waals surface area contributed by atoms with Crippen LogP contribution in [0.25, 0.3) is 0 Å². The standard InChI is InChI=1S/C13H21BrN2/c1-3-5-6-9-12(15-4-2)13-11(14)8-7-10-16-13/h7-8,10,12,15H,3-6,9H2,1-2H3. The van der Waals surface area contributed by atoms with E-state index in [4.69, 9.17) is 0 Å². The van der Waals surface area contributed by atoms with Crippen LogP contribution in [0.1, 0.15) is 51.3 Å². The van der Waals surface area contributed by atoms with Crippen molar-refractivity contribution in [3.8, 4) is 0 Å². The molecular weight excluding hydrogens is 264 g/mol. The molecule has 0 aliphatic heterocycles. The number of halogens is 1. The van der Waals surface area contributed by atoms with Crippen molar-refractivity contribution in [2.24, 2.45) is 0 Å². The SMILES string of the molecule is CCCCCC(NCC)c1ncccc1Br. The maximum atomic E-state index is 4.47. The van der Waals surface area contributed by atoms with Crippen LogP contribution < -0.4 is 5.32 Å². The molecule has 0 saturated carbocycles. The summed E-state index contributed by atoms with van der Waals surface area (Å²) < 4.78 is 1.11. The van der Waals surface area contributed by atoms with Gasteiger partial charge in [-0.05, 0) is 41.0 Å². The molecule has 1 atom stereocenters. The maximum absolute atomic E-state index is 4.47. The first kappa shape index (κ1) is 13.7. The molecule has 0 radical (unpaired) electrons. The number of nitrogens with zero attached hydrogens (tertiary/aromatic N) is 1. The highest BCUT2D eigenvalue weighted by molar-refractivity contribution is 9.10. The van der Waals surface area contributed by atoms with Crippen LogP contribution in [-0.2, 0) is 0 Å². The Bertz CT molecular complexity index is 302. The Morgan fingerprint density at radius 2 is 2.19 bits per heavy atom. The molecule has 0 aliphatic carbocycles. The molecule has 0 amide bonds. The lowest BCUT2D eigenvalue weighted by molar-refractivity contribution is 0.475. The summed E-state index contributed by atoms with van der Waals surface area (Å²) in [4.78, 5) is 4.47. The van der Waals surface area contributed by atoms with E-state index in [9.17, 15) is 0 Å². The van der Waals surface area contributed by atoms with Gasteiger partial charge in [-0.1, -0.05) is 33.1 Å². The van der Waals surface area contributed by atoms with E-state index >= 15 is 0 Å². The van der Waals surface area contributed by atoms with Gasteiger partial charge in [0.2, 0.25) is 0 Å². The maximum Gasteiger partial charge on any atom is 0.0714 e. The van der Waals surface area contributed by atoms with Crippen molar-refractivity contribution >= 4 is 15.9 Å². The van der Waals surface area contributed by atoms with Gasteiger partial charge in [0.1, 0.15) is 0 Å². The molecule has 0 aliphatic rings. The van der Waals surface area contributed by atoms with Crippen molar-refractivity contribution in [2.45, 2.75) is 45.6 Å². The topological polar surface area (TPSA) is 24.9 Å². The second kappa shape index (κ2) is 7.80. The second-order valence-corrected chi connectivity index (χ2v) is 4.83. The summed E-state index contributed by atoms with van der Waals surface area (Å²) in [5.74, 6) is 0. The minimum atomic E-state index is 0.382. The number of aromatic nitrogens is 1. The molecule has 1 rings (SSSR count). The number of unbranched alkanes of at least 4 members (excludes halogenated alkanes) is 2. The predicted octanol–water partition coefficient (Wildman–Crippen LogP) is 4.08. The molecule has 0 aromatic carbocycles. The largest absolute Gasteiger partial charge is 0.309 e. The summed E-state index contributed by atoms with van der Waals surface area (Å²) in [5.41, 5.74) is 1.14. The fourth-order valence-corrected chi connectivity index (χ4v) is 2.37. The lowest BCUT2D eigenvalue weighted by Gasteiger charge is -2.18. The van der Waals surface area contributed by atoms with Gasteiger partial charge in [0, 0.05) is 10.7 Å². The first-order chi connectivity index (χ1) is 7.79. The van der Waals surface area contributed by atoms with Gasteiger partial charge < -0.3 is 5.32 Å². The molecule has 1 aromatic heterocycles. The summed E-state index contributed by atoms with van der Waals surface area (Å²) in [5, 5.41) is 3.51. The number of nitrogens with one attached hydrogen (secondary N) is 1. The van der Waals surface area contributed by atoms with E-state index < -0.39 is 0 Å². The molecule has 3 heteroatoms. The number of hydrogen-bond acceptors (Lipinski definition) is 2. The van der Waals surface area contributed by atoms with Gasteiger partial charge in [0.25, 0.3) is 0 Å². The molecule has 16 heavy (non-hydrogen) atoms. The van der Waals surface area contributed by atoms with Crippen molar-refractivity contribution in [1.29, 1.82) is 0 Å². The lowest BCUT2D eigenvalue weighted by Crippen LogP contribution is -2.22. The quantitative estimate of drug-likeness (QED) is 0.764. The molecule has 2 nitrogen and oxygen atoms in total. The Morgan fingerprint density at radius 3 is 2.81 bits per heavy atom. The van der Waals surface area contributed by atoms with Gasteiger partial charge in [-0.25, -0.2) is 0 Å². The van der Waals surface area contributed by atoms with Crippen LogP contribution in [0.2, 0.25) is 0 Å². The van der Waals surface area contributed by atoms with Crippen LogP contribution in [0.5, 0.6) is 0 Å². The smallest absolute Gasteiger partial charge is 0.0714 e.